The fraction of sp³-hybridized carbons (Fsp3) is 0.600. The van der Waals surface area contributed by atoms with Crippen LogP contribution in [0.3, 0.4) is 0 Å². The van der Waals surface area contributed by atoms with Gasteiger partial charge in [-0.25, -0.2) is 4.79 Å². The molecule has 2 saturated heterocycles. The van der Waals surface area contributed by atoms with Gasteiger partial charge in [0.2, 0.25) is 0 Å². The van der Waals surface area contributed by atoms with Crippen LogP contribution in [0.15, 0.2) is 18.3 Å². The number of aromatic nitrogens is 1. The molecule has 2 atom stereocenters. The normalized spacial score (nSPS) is 26.0. The second-order valence-corrected chi connectivity index (χ2v) is 5.99. The minimum atomic E-state index is -0.0631. The van der Waals surface area contributed by atoms with Crippen LogP contribution in [0.4, 0.5) is 4.79 Å². The second-order valence-electron chi connectivity index (χ2n) is 5.99. The largest absolute Gasteiger partial charge is 0.329 e. The first-order valence-corrected chi connectivity index (χ1v) is 7.26. The van der Waals surface area contributed by atoms with Gasteiger partial charge in [-0.05, 0) is 38.8 Å². The Bertz CT molecular complexity index is 542. The molecule has 2 aliphatic heterocycles. The van der Waals surface area contributed by atoms with E-state index in [1.165, 1.54) is 17.4 Å². The van der Waals surface area contributed by atoms with Crippen molar-refractivity contribution in [1.29, 1.82) is 5.26 Å². The first kappa shape index (κ1) is 13.2. The first-order chi connectivity index (χ1) is 9.61. The molecule has 106 valence electrons. The van der Waals surface area contributed by atoms with Gasteiger partial charge in [-0.1, -0.05) is 0 Å². The Hall–Kier alpha value is -1.80. The highest BCUT2D eigenvalue weighted by atomic mass is 16.2. The van der Waals surface area contributed by atoms with Crippen molar-refractivity contribution in [2.45, 2.75) is 44.8 Å². The van der Waals surface area contributed by atoms with E-state index in [0.29, 0.717) is 23.8 Å². The minimum absolute atomic E-state index is 0.0631. The zero-order chi connectivity index (χ0) is 14.3. The van der Waals surface area contributed by atoms with E-state index >= 15 is 0 Å². The number of rotatable bonds is 1. The zero-order valence-electron chi connectivity index (χ0n) is 12.0. The fourth-order valence-electron chi connectivity index (χ4n) is 3.73. The Kier molecular flexibility index (Phi) is 3.27. The molecule has 20 heavy (non-hydrogen) atoms. The number of nitriles is 1. The summed E-state index contributed by atoms with van der Waals surface area (Å²) in [7, 11) is 0. The van der Waals surface area contributed by atoms with Crippen molar-refractivity contribution < 1.29 is 4.79 Å². The molecule has 3 heterocycles. The first-order valence-electron chi connectivity index (χ1n) is 7.26. The summed E-state index contributed by atoms with van der Waals surface area (Å²) in [5, 5.41) is 9.04. The molecule has 2 bridgehead atoms. The van der Waals surface area contributed by atoms with Crippen molar-refractivity contribution >= 4 is 6.03 Å². The van der Waals surface area contributed by atoms with Gasteiger partial charge in [0.1, 0.15) is 11.8 Å². The van der Waals surface area contributed by atoms with E-state index in [-0.39, 0.29) is 6.03 Å². The second kappa shape index (κ2) is 4.95. The SMILES string of the molecule is CC(C)N1C2CCC1CN(C(=O)n1cccc1C#N)C2. The molecule has 1 amide bonds. The summed E-state index contributed by atoms with van der Waals surface area (Å²) in [5.74, 6) is 0. The van der Waals surface area contributed by atoms with Crippen LogP contribution >= 0.6 is 0 Å². The molecule has 2 aliphatic rings. The third-order valence-corrected chi connectivity index (χ3v) is 4.47. The van der Waals surface area contributed by atoms with E-state index in [2.05, 4.69) is 24.8 Å². The number of carbonyl (C=O) groups is 1. The molecule has 5 heteroatoms. The molecule has 0 aromatic carbocycles. The highest BCUT2D eigenvalue weighted by Gasteiger charge is 2.42. The van der Waals surface area contributed by atoms with E-state index in [0.717, 1.165) is 13.1 Å². The van der Waals surface area contributed by atoms with E-state index in [9.17, 15) is 4.79 Å². The van der Waals surface area contributed by atoms with Gasteiger partial charge in [0, 0.05) is 37.4 Å². The number of amides is 1. The number of carbonyl (C=O) groups excluding carboxylic acids is 1. The topological polar surface area (TPSA) is 52.3 Å². The van der Waals surface area contributed by atoms with E-state index in [1.807, 2.05) is 4.90 Å². The Balaban J connectivity index is 1.78. The average Bonchev–Trinajstić information content (AvgIpc) is 3.00. The number of fused-ring (bicyclic) bond motifs is 2. The molecular formula is C15H20N4O. The minimum Gasteiger partial charge on any atom is -0.321 e. The lowest BCUT2D eigenvalue weighted by Gasteiger charge is -2.43. The Morgan fingerprint density at radius 3 is 2.55 bits per heavy atom. The van der Waals surface area contributed by atoms with Crippen molar-refractivity contribution in [2.24, 2.45) is 0 Å². The summed E-state index contributed by atoms with van der Waals surface area (Å²) in [6, 6.07) is 6.90. The Morgan fingerprint density at radius 2 is 2.00 bits per heavy atom. The molecule has 1 aromatic heterocycles. The molecular weight excluding hydrogens is 252 g/mol. The number of likely N-dealkylation sites (tertiary alicyclic amines) is 1. The maximum Gasteiger partial charge on any atom is 0.329 e. The van der Waals surface area contributed by atoms with Gasteiger partial charge in [-0.15, -0.1) is 0 Å². The summed E-state index contributed by atoms with van der Waals surface area (Å²) >= 11 is 0. The fourth-order valence-corrected chi connectivity index (χ4v) is 3.73. The van der Waals surface area contributed by atoms with Crippen molar-refractivity contribution in [2.75, 3.05) is 13.1 Å². The van der Waals surface area contributed by atoms with Gasteiger partial charge in [0.15, 0.2) is 0 Å². The van der Waals surface area contributed by atoms with Crippen molar-refractivity contribution in [3.63, 3.8) is 0 Å². The lowest BCUT2D eigenvalue weighted by Crippen LogP contribution is -2.57. The van der Waals surface area contributed by atoms with Gasteiger partial charge < -0.3 is 4.90 Å². The third kappa shape index (κ3) is 2.01. The van der Waals surface area contributed by atoms with Crippen molar-refractivity contribution in [1.82, 2.24) is 14.4 Å². The molecule has 0 saturated carbocycles. The highest BCUT2D eigenvalue weighted by Crippen LogP contribution is 2.32. The van der Waals surface area contributed by atoms with E-state index in [4.69, 9.17) is 5.26 Å². The molecule has 0 radical (unpaired) electrons. The van der Waals surface area contributed by atoms with Crippen LogP contribution in [-0.2, 0) is 0 Å². The molecule has 2 unspecified atom stereocenters. The van der Waals surface area contributed by atoms with Gasteiger partial charge in [0.05, 0.1) is 0 Å². The predicted octanol–water partition coefficient (Wildman–Crippen LogP) is 1.88. The lowest BCUT2D eigenvalue weighted by molar-refractivity contribution is 0.0595. The molecule has 2 fully saturated rings. The zero-order valence-corrected chi connectivity index (χ0v) is 12.0. The van der Waals surface area contributed by atoms with Crippen LogP contribution in [0.2, 0.25) is 0 Å². The Labute approximate surface area is 119 Å². The number of hydrogen-bond acceptors (Lipinski definition) is 3. The molecule has 0 aliphatic carbocycles. The van der Waals surface area contributed by atoms with Gasteiger partial charge >= 0.3 is 6.03 Å². The summed E-state index contributed by atoms with van der Waals surface area (Å²) in [5.41, 5.74) is 0.411. The van der Waals surface area contributed by atoms with Crippen LogP contribution in [-0.4, -0.2) is 51.6 Å². The van der Waals surface area contributed by atoms with Crippen LogP contribution in [0.5, 0.6) is 0 Å². The quantitative estimate of drug-likeness (QED) is 0.784. The standard InChI is InChI=1S/C15H20N4O/c1-11(2)19-13-5-6-14(19)10-17(9-13)15(20)18-7-3-4-12(18)8-16/h3-4,7,11,13-14H,5-6,9-10H2,1-2H3. The van der Waals surface area contributed by atoms with Crippen molar-refractivity contribution in [3.05, 3.63) is 24.0 Å². The predicted molar refractivity (Wildman–Crippen MR) is 75.3 cm³/mol. The van der Waals surface area contributed by atoms with Crippen LogP contribution < -0.4 is 0 Å². The smallest absolute Gasteiger partial charge is 0.321 e. The maximum absolute atomic E-state index is 12.6. The maximum atomic E-state index is 12.6. The summed E-state index contributed by atoms with van der Waals surface area (Å²) in [4.78, 5) is 17.0. The van der Waals surface area contributed by atoms with Crippen LogP contribution in [0, 0.1) is 11.3 Å². The summed E-state index contributed by atoms with van der Waals surface area (Å²) < 4.78 is 1.46. The summed E-state index contributed by atoms with van der Waals surface area (Å²) in [6.45, 7) is 6.00. The average molecular weight is 272 g/mol. The van der Waals surface area contributed by atoms with Crippen LogP contribution in [0.25, 0.3) is 0 Å². The lowest BCUT2D eigenvalue weighted by atomic mass is 10.1. The number of nitrogens with zero attached hydrogens (tertiary/aromatic N) is 4. The molecule has 5 nitrogen and oxygen atoms in total. The summed E-state index contributed by atoms with van der Waals surface area (Å²) in [6.07, 6.45) is 4.02. The third-order valence-electron chi connectivity index (χ3n) is 4.47. The van der Waals surface area contributed by atoms with Crippen molar-refractivity contribution in [3.8, 4) is 6.07 Å². The van der Waals surface area contributed by atoms with Gasteiger partial charge in [-0.2, -0.15) is 5.26 Å². The molecule has 0 N–H and O–H groups in total. The van der Waals surface area contributed by atoms with E-state index in [1.54, 1.807) is 18.3 Å². The molecule has 3 rings (SSSR count). The Morgan fingerprint density at radius 1 is 1.35 bits per heavy atom. The highest BCUT2D eigenvalue weighted by molar-refractivity contribution is 5.79. The van der Waals surface area contributed by atoms with Gasteiger partial charge in [0.25, 0.3) is 0 Å². The monoisotopic (exact) mass is 272 g/mol. The number of piperazine rings is 1. The van der Waals surface area contributed by atoms with Crippen LogP contribution in [0.1, 0.15) is 32.4 Å². The number of hydrogen-bond donors (Lipinski definition) is 0. The van der Waals surface area contributed by atoms with Gasteiger partial charge in [-0.3, -0.25) is 9.47 Å². The molecule has 1 aromatic rings. The molecule has 0 spiro atoms. The van der Waals surface area contributed by atoms with E-state index < -0.39 is 0 Å².